The number of methoxy groups -OCH3 is 1. The van der Waals surface area contributed by atoms with Crippen molar-refractivity contribution in [2.45, 2.75) is 24.5 Å². The summed E-state index contributed by atoms with van der Waals surface area (Å²) in [5.41, 5.74) is 0.673. The Balaban J connectivity index is 2.12. The van der Waals surface area contributed by atoms with Crippen LogP contribution in [0.1, 0.15) is 12.0 Å². The maximum Gasteiger partial charge on any atom is 0.309 e. The molecule has 0 radical (unpaired) electrons. The molecule has 11 heteroatoms. The van der Waals surface area contributed by atoms with Gasteiger partial charge in [-0.1, -0.05) is 0 Å². The second-order valence-electron chi connectivity index (χ2n) is 6.12. The van der Waals surface area contributed by atoms with Crippen LogP contribution < -0.4 is 15.4 Å². The molecule has 1 aliphatic heterocycles. The zero-order chi connectivity index (χ0) is 20.7. The van der Waals surface area contributed by atoms with E-state index in [0.717, 1.165) is 0 Å². The molecule has 1 aromatic carbocycles. The summed E-state index contributed by atoms with van der Waals surface area (Å²) in [6.07, 6.45) is -0.425. The zero-order valence-corrected chi connectivity index (χ0v) is 16.6. The number of nitrogens with zero attached hydrogens (tertiary/aromatic N) is 1. The van der Waals surface area contributed by atoms with Gasteiger partial charge in [0.15, 0.2) is 0 Å². The summed E-state index contributed by atoms with van der Waals surface area (Å²) in [6.45, 7) is 1.78. The van der Waals surface area contributed by atoms with Crippen LogP contribution in [0.4, 0.5) is 0 Å². The van der Waals surface area contributed by atoms with Crippen LogP contribution in [-0.2, 0) is 24.3 Å². The number of hydrogen-bond acceptors (Lipinski definition) is 7. The molecule has 0 spiro atoms. The van der Waals surface area contributed by atoms with Crippen LogP contribution >= 0.6 is 0 Å². The standard InChI is InChI=1S/C17H25N3O7S/c1-12-10-13(4-5-14(12)26-2)28(24,25)20-7-3-9-27-15(20)11-19-17(23)16(22)18-6-8-21/h4-5,10,15,21H,3,6-9,11H2,1-2H3,(H,18,22)(H,19,23)/t15-/m0/s1. The lowest BCUT2D eigenvalue weighted by Crippen LogP contribution is -2.53. The highest BCUT2D eigenvalue weighted by Crippen LogP contribution is 2.26. The SMILES string of the molecule is COc1ccc(S(=O)(=O)N2CCCO[C@H]2CNC(=O)C(=O)NCCO)cc1C. The van der Waals surface area contributed by atoms with Crippen LogP contribution in [0, 0.1) is 6.92 Å². The first-order valence-corrected chi connectivity index (χ1v) is 10.2. The molecule has 1 heterocycles. The molecule has 0 bridgehead atoms. The van der Waals surface area contributed by atoms with Gasteiger partial charge in [0.2, 0.25) is 10.0 Å². The minimum absolute atomic E-state index is 0.0521. The maximum absolute atomic E-state index is 13.1. The first-order valence-electron chi connectivity index (χ1n) is 8.76. The fraction of sp³-hybridized carbons (Fsp3) is 0.529. The largest absolute Gasteiger partial charge is 0.496 e. The van der Waals surface area contributed by atoms with E-state index < -0.39 is 28.1 Å². The van der Waals surface area contributed by atoms with Crippen molar-refractivity contribution in [3.63, 3.8) is 0 Å². The number of nitrogens with one attached hydrogen (secondary N) is 2. The number of amides is 2. The molecule has 0 saturated carbocycles. The number of carbonyl (C=O) groups excluding carboxylic acids is 2. The van der Waals surface area contributed by atoms with Gasteiger partial charge in [-0.05, 0) is 37.1 Å². The summed E-state index contributed by atoms with van der Waals surface area (Å²) in [5, 5.41) is 13.2. The number of hydrogen-bond donors (Lipinski definition) is 3. The minimum Gasteiger partial charge on any atom is -0.496 e. The van der Waals surface area contributed by atoms with Gasteiger partial charge in [-0.3, -0.25) is 9.59 Å². The van der Waals surface area contributed by atoms with E-state index in [4.69, 9.17) is 14.6 Å². The van der Waals surface area contributed by atoms with Crippen molar-refractivity contribution >= 4 is 21.8 Å². The third kappa shape index (κ3) is 5.19. The molecule has 0 aliphatic carbocycles. The first-order chi connectivity index (χ1) is 13.3. The Bertz CT molecular complexity index is 813. The van der Waals surface area contributed by atoms with Crippen molar-refractivity contribution in [1.82, 2.24) is 14.9 Å². The zero-order valence-electron chi connectivity index (χ0n) is 15.8. The fourth-order valence-corrected chi connectivity index (χ4v) is 4.41. The summed E-state index contributed by atoms with van der Waals surface area (Å²) in [5.74, 6) is -1.27. The Hall–Kier alpha value is -2.21. The molecular weight excluding hydrogens is 390 g/mol. The summed E-state index contributed by atoms with van der Waals surface area (Å²) >= 11 is 0. The second-order valence-corrected chi connectivity index (χ2v) is 8.01. The molecule has 3 N–H and O–H groups in total. The predicted molar refractivity (Wildman–Crippen MR) is 99.1 cm³/mol. The predicted octanol–water partition coefficient (Wildman–Crippen LogP) is -1.03. The van der Waals surface area contributed by atoms with Gasteiger partial charge in [0.25, 0.3) is 0 Å². The fourth-order valence-electron chi connectivity index (χ4n) is 2.76. The molecule has 1 aromatic rings. The van der Waals surface area contributed by atoms with E-state index in [-0.39, 0.29) is 31.1 Å². The van der Waals surface area contributed by atoms with Gasteiger partial charge >= 0.3 is 11.8 Å². The smallest absolute Gasteiger partial charge is 0.309 e. The molecule has 156 valence electrons. The lowest BCUT2D eigenvalue weighted by Gasteiger charge is -2.34. The number of aryl methyl sites for hydroxylation is 1. The summed E-state index contributed by atoms with van der Waals surface area (Å²) in [7, 11) is -2.37. The van der Waals surface area contributed by atoms with Crippen LogP contribution in [0.3, 0.4) is 0 Å². The molecule has 0 aromatic heterocycles. The van der Waals surface area contributed by atoms with Crippen molar-refractivity contribution < 1.29 is 32.6 Å². The quantitative estimate of drug-likeness (QED) is 0.485. The molecule has 0 unspecified atom stereocenters. The lowest BCUT2D eigenvalue weighted by molar-refractivity contribution is -0.140. The molecule has 1 atom stereocenters. The van der Waals surface area contributed by atoms with Crippen LogP contribution in [0.15, 0.2) is 23.1 Å². The number of benzene rings is 1. The Kier molecular flexibility index (Phi) is 7.75. The number of aliphatic hydroxyl groups is 1. The van der Waals surface area contributed by atoms with E-state index in [2.05, 4.69) is 10.6 Å². The van der Waals surface area contributed by atoms with Gasteiger partial charge in [-0.2, -0.15) is 4.31 Å². The van der Waals surface area contributed by atoms with Crippen LogP contribution in [-0.4, -0.2) is 75.8 Å². The van der Waals surface area contributed by atoms with Crippen molar-refractivity contribution in [1.29, 1.82) is 0 Å². The molecule has 28 heavy (non-hydrogen) atoms. The van der Waals surface area contributed by atoms with E-state index in [1.54, 1.807) is 13.0 Å². The molecule has 1 aliphatic rings. The summed E-state index contributed by atoms with van der Waals surface area (Å²) in [6, 6.07) is 4.55. The highest BCUT2D eigenvalue weighted by molar-refractivity contribution is 7.89. The van der Waals surface area contributed by atoms with Crippen molar-refractivity contribution in [2.75, 3.05) is 40.0 Å². The highest BCUT2D eigenvalue weighted by Gasteiger charge is 2.35. The van der Waals surface area contributed by atoms with Gasteiger partial charge in [-0.15, -0.1) is 0 Å². The number of sulfonamides is 1. The minimum atomic E-state index is -3.87. The molecule has 10 nitrogen and oxygen atoms in total. The third-order valence-electron chi connectivity index (χ3n) is 4.17. The van der Waals surface area contributed by atoms with E-state index in [9.17, 15) is 18.0 Å². The topological polar surface area (TPSA) is 134 Å². The van der Waals surface area contributed by atoms with Crippen molar-refractivity contribution in [3.8, 4) is 5.75 Å². The number of ether oxygens (including phenoxy) is 2. The third-order valence-corrected chi connectivity index (χ3v) is 6.05. The Morgan fingerprint density at radius 2 is 2.04 bits per heavy atom. The normalized spacial score (nSPS) is 17.8. The van der Waals surface area contributed by atoms with E-state index >= 15 is 0 Å². The Morgan fingerprint density at radius 1 is 1.32 bits per heavy atom. The molecule has 2 amide bonds. The van der Waals surface area contributed by atoms with E-state index in [1.165, 1.54) is 23.5 Å². The highest BCUT2D eigenvalue weighted by atomic mass is 32.2. The van der Waals surface area contributed by atoms with Crippen LogP contribution in [0.2, 0.25) is 0 Å². The van der Waals surface area contributed by atoms with Gasteiger partial charge < -0.3 is 25.2 Å². The second kappa shape index (κ2) is 9.82. The number of rotatable bonds is 7. The van der Waals surface area contributed by atoms with Crippen molar-refractivity contribution in [3.05, 3.63) is 23.8 Å². The summed E-state index contributed by atoms with van der Waals surface area (Å²) in [4.78, 5) is 23.4. The van der Waals surface area contributed by atoms with E-state index in [1.807, 2.05) is 0 Å². The molecule has 1 fully saturated rings. The maximum atomic E-state index is 13.1. The summed E-state index contributed by atoms with van der Waals surface area (Å²) < 4.78 is 38.0. The number of aliphatic hydroxyl groups excluding tert-OH is 1. The average molecular weight is 415 g/mol. The van der Waals surface area contributed by atoms with Crippen LogP contribution in [0.5, 0.6) is 5.75 Å². The molecule has 1 saturated heterocycles. The molecule has 2 rings (SSSR count). The average Bonchev–Trinajstić information content (AvgIpc) is 2.70. The van der Waals surface area contributed by atoms with Crippen molar-refractivity contribution in [2.24, 2.45) is 0 Å². The van der Waals surface area contributed by atoms with Gasteiger partial charge in [0.05, 0.1) is 31.8 Å². The number of carbonyl (C=O) groups is 2. The van der Waals surface area contributed by atoms with E-state index in [0.29, 0.717) is 24.3 Å². The van der Waals surface area contributed by atoms with Gasteiger partial charge in [0.1, 0.15) is 12.0 Å². The van der Waals surface area contributed by atoms with Crippen LogP contribution in [0.25, 0.3) is 0 Å². The van der Waals surface area contributed by atoms with Gasteiger partial charge in [-0.25, -0.2) is 8.42 Å². The Morgan fingerprint density at radius 3 is 2.68 bits per heavy atom. The van der Waals surface area contributed by atoms with Gasteiger partial charge in [0, 0.05) is 13.1 Å². The lowest BCUT2D eigenvalue weighted by atomic mass is 10.2. The monoisotopic (exact) mass is 415 g/mol. The molecular formula is C17H25N3O7S. The Labute approximate surface area is 163 Å². The first kappa shape index (κ1) is 22.1.